The summed E-state index contributed by atoms with van der Waals surface area (Å²) in [7, 11) is -4.74. The monoisotopic (exact) mass is 184 g/mol. The molecule has 66 valence electrons. The molecule has 0 aliphatic carbocycles. The summed E-state index contributed by atoms with van der Waals surface area (Å²) < 4.78 is 13.6. The van der Waals surface area contributed by atoms with Crippen molar-refractivity contribution in [3.05, 3.63) is 0 Å². The van der Waals surface area contributed by atoms with Crippen molar-refractivity contribution in [3.8, 4) is 0 Å². The summed E-state index contributed by atoms with van der Waals surface area (Å²) in [6.45, 7) is 1.31. The predicted octanol–water partition coefficient (Wildman–Crippen LogP) is -0.607. The summed E-state index contributed by atoms with van der Waals surface area (Å²) in [5, 5.41) is 8.57. The Bertz CT molecular complexity index is 181. The van der Waals surface area contributed by atoms with Gasteiger partial charge in [0.25, 0.3) is 0 Å². The number of hydrogen-bond donors (Lipinski definition) is 3. The Morgan fingerprint density at radius 1 is 1.64 bits per heavy atom. The van der Waals surface area contributed by atoms with Gasteiger partial charge in [0.15, 0.2) is 0 Å². The van der Waals surface area contributed by atoms with E-state index in [1.165, 1.54) is 6.92 Å². The maximum atomic E-state index is 10.4. The molecule has 0 aromatic carbocycles. The van der Waals surface area contributed by atoms with Crippen LogP contribution in [-0.4, -0.2) is 27.0 Å². The number of carbonyl (C=O) groups excluding carboxylic acids is 1. The third kappa shape index (κ3) is 7.48. The number of aliphatic hydroxyl groups is 1. The van der Waals surface area contributed by atoms with Crippen molar-refractivity contribution >= 4 is 13.8 Å². The van der Waals surface area contributed by atoms with E-state index in [4.69, 9.17) is 14.9 Å². The van der Waals surface area contributed by atoms with Crippen molar-refractivity contribution in [2.75, 3.05) is 0 Å². The Hall–Kier alpha value is -0.420. The summed E-state index contributed by atoms with van der Waals surface area (Å²) >= 11 is 0. The minimum atomic E-state index is -4.74. The van der Waals surface area contributed by atoms with Gasteiger partial charge >= 0.3 is 13.8 Å². The molecule has 0 aromatic rings. The molecule has 0 aliphatic rings. The van der Waals surface area contributed by atoms with Gasteiger partial charge in [-0.15, -0.1) is 0 Å². The fourth-order valence-electron chi connectivity index (χ4n) is 0.411. The van der Waals surface area contributed by atoms with Crippen LogP contribution in [0.4, 0.5) is 0 Å². The fourth-order valence-corrected chi connectivity index (χ4v) is 0.751. The maximum absolute atomic E-state index is 10.4. The minimum Gasteiger partial charge on any atom is -0.393 e. The van der Waals surface area contributed by atoms with E-state index < -0.39 is 26.3 Å². The topological polar surface area (TPSA) is 104 Å². The van der Waals surface area contributed by atoms with Crippen LogP contribution in [0.15, 0.2) is 0 Å². The van der Waals surface area contributed by atoms with Crippen LogP contribution in [0.25, 0.3) is 0 Å². The Kier molecular flexibility index (Phi) is 3.68. The molecule has 7 heteroatoms. The van der Waals surface area contributed by atoms with Gasteiger partial charge in [0, 0.05) is 0 Å². The van der Waals surface area contributed by atoms with Crippen molar-refractivity contribution in [1.82, 2.24) is 0 Å². The lowest BCUT2D eigenvalue weighted by Gasteiger charge is -2.05. The van der Waals surface area contributed by atoms with Gasteiger partial charge in [0.2, 0.25) is 0 Å². The molecule has 6 nitrogen and oxygen atoms in total. The van der Waals surface area contributed by atoms with Gasteiger partial charge in [0.05, 0.1) is 12.5 Å². The molecule has 0 aromatic heterocycles. The number of carbonyl (C=O) groups is 1. The molecule has 1 atom stereocenters. The van der Waals surface area contributed by atoms with Crippen LogP contribution in [0.3, 0.4) is 0 Å². The number of hydrogen-bond acceptors (Lipinski definition) is 4. The molecule has 11 heavy (non-hydrogen) atoms. The molecule has 0 rings (SSSR count). The van der Waals surface area contributed by atoms with Crippen molar-refractivity contribution in [1.29, 1.82) is 0 Å². The van der Waals surface area contributed by atoms with E-state index in [2.05, 4.69) is 4.52 Å². The molecule has 0 aliphatic heterocycles. The van der Waals surface area contributed by atoms with Gasteiger partial charge in [-0.3, -0.25) is 14.6 Å². The number of phosphoric ester groups is 1. The molecule has 3 N–H and O–H groups in total. The Morgan fingerprint density at radius 3 is 2.36 bits per heavy atom. The van der Waals surface area contributed by atoms with Crippen LogP contribution in [-0.2, 0) is 13.9 Å². The van der Waals surface area contributed by atoms with Crippen molar-refractivity contribution < 1.29 is 28.8 Å². The Balaban J connectivity index is 3.80. The second-order valence-corrected chi connectivity index (χ2v) is 3.17. The highest BCUT2D eigenvalue weighted by atomic mass is 31.2. The quantitative estimate of drug-likeness (QED) is 0.505. The van der Waals surface area contributed by atoms with Crippen LogP contribution in [0, 0.1) is 0 Å². The zero-order valence-electron chi connectivity index (χ0n) is 5.80. The Labute approximate surface area is 63.0 Å². The van der Waals surface area contributed by atoms with Crippen LogP contribution in [0.5, 0.6) is 0 Å². The molecular formula is C4H9O6P. The molecule has 0 heterocycles. The molecule has 0 bridgehead atoms. The number of aliphatic hydroxyl groups excluding tert-OH is 1. The van der Waals surface area contributed by atoms with E-state index in [0.717, 1.165) is 0 Å². The summed E-state index contributed by atoms with van der Waals surface area (Å²) in [4.78, 5) is 26.6. The lowest BCUT2D eigenvalue weighted by atomic mass is 10.3. The first-order valence-electron chi connectivity index (χ1n) is 2.77. The first-order valence-corrected chi connectivity index (χ1v) is 4.30. The zero-order valence-corrected chi connectivity index (χ0v) is 6.69. The fraction of sp³-hybridized carbons (Fsp3) is 0.750. The highest BCUT2D eigenvalue weighted by Gasteiger charge is 2.20. The molecule has 0 saturated heterocycles. The summed E-state index contributed by atoms with van der Waals surface area (Å²) in [6, 6.07) is 0. The summed E-state index contributed by atoms with van der Waals surface area (Å²) in [5.41, 5.74) is 0. The van der Waals surface area contributed by atoms with E-state index >= 15 is 0 Å². The van der Waals surface area contributed by atoms with Crippen LogP contribution >= 0.6 is 7.82 Å². The SMILES string of the molecule is C[C@@H](O)CC(=O)OP(=O)(O)O. The van der Waals surface area contributed by atoms with Crippen LogP contribution in [0.1, 0.15) is 13.3 Å². The lowest BCUT2D eigenvalue weighted by molar-refractivity contribution is -0.137. The Morgan fingerprint density at radius 2 is 2.09 bits per heavy atom. The largest absolute Gasteiger partial charge is 0.526 e. The lowest BCUT2D eigenvalue weighted by Crippen LogP contribution is -2.11. The smallest absolute Gasteiger partial charge is 0.393 e. The van der Waals surface area contributed by atoms with Gasteiger partial charge in [-0.25, -0.2) is 4.57 Å². The first kappa shape index (κ1) is 10.6. The number of rotatable bonds is 3. The minimum absolute atomic E-state index is 0.425. The molecule has 0 amide bonds. The van der Waals surface area contributed by atoms with Gasteiger partial charge in [0.1, 0.15) is 0 Å². The summed E-state index contributed by atoms with van der Waals surface area (Å²) in [6.07, 6.45) is -1.39. The van der Waals surface area contributed by atoms with E-state index in [1.807, 2.05) is 0 Å². The highest BCUT2D eigenvalue weighted by Crippen LogP contribution is 2.36. The third-order valence-electron chi connectivity index (χ3n) is 0.683. The standard InChI is InChI=1S/C4H9O6P/c1-3(5)2-4(6)10-11(7,8)9/h3,5H,2H2,1H3,(H2,7,8,9)/t3-/m1/s1. The van der Waals surface area contributed by atoms with Crippen LogP contribution in [0.2, 0.25) is 0 Å². The van der Waals surface area contributed by atoms with Crippen LogP contribution < -0.4 is 0 Å². The average Bonchev–Trinajstić information content (AvgIpc) is 1.53. The van der Waals surface area contributed by atoms with E-state index in [0.29, 0.717) is 0 Å². The third-order valence-corrected chi connectivity index (χ3v) is 1.12. The highest BCUT2D eigenvalue weighted by molar-refractivity contribution is 7.46. The number of phosphoric acid groups is 1. The predicted molar refractivity (Wildman–Crippen MR) is 34.4 cm³/mol. The molecule has 0 saturated carbocycles. The molecular weight excluding hydrogens is 175 g/mol. The van der Waals surface area contributed by atoms with Gasteiger partial charge in [-0.05, 0) is 6.92 Å². The van der Waals surface area contributed by atoms with Crippen molar-refractivity contribution in [2.45, 2.75) is 19.4 Å². The van der Waals surface area contributed by atoms with Gasteiger partial charge in [-0.2, -0.15) is 0 Å². The zero-order chi connectivity index (χ0) is 9.07. The maximum Gasteiger partial charge on any atom is 0.526 e. The second kappa shape index (κ2) is 3.82. The summed E-state index contributed by atoms with van der Waals surface area (Å²) in [5.74, 6) is -1.12. The van der Waals surface area contributed by atoms with E-state index in [9.17, 15) is 9.36 Å². The van der Waals surface area contributed by atoms with Gasteiger partial charge < -0.3 is 9.63 Å². The van der Waals surface area contributed by atoms with E-state index in [1.54, 1.807) is 0 Å². The second-order valence-electron chi connectivity index (χ2n) is 2.01. The normalized spacial score (nSPS) is 14.2. The molecule has 0 spiro atoms. The molecule has 0 radical (unpaired) electrons. The van der Waals surface area contributed by atoms with Crippen molar-refractivity contribution in [3.63, 3.8) is 0 Å². The van der Waals surface area contributed by atoms with Gasteiger partial charge in [-0.1, -0.05) is 0 Å². The van der Waals surface area contributed by atoms with Crippen molar-refractivity contribution in [2.24, 2.45) is 0 Å². The first-order chi connectivity index (χ1) is 4.81. The van der Waals surface area contributed by atoms with E-state index in [-0.39, 0.29) is 0 Å². The molecule has 0 unspecified atom stereocenters. The molecule has 0 fully saturated rings. The average molecular weight is 184 g/mol.